The maximum absolute atomic E-state index is 12.1. The minimum Gasteiger partial charge on any atom is -0.265 e. The van der Waals surface area contributed by atoms with Gasteiger partial charge < -0.3 is 0 Å². The van der Waals surface area contributed by atoms with Crippen LogP contribution in [0.15, 0.2) is 59.4 Å². The highest BCUT2D eigenvalue weighted by atomic mass is 16.6. The van der Waals surface area contributed by atoms with Gasteiger partial charge in [-0.05, 0) is 19.1 Å². The van der Waals surface area contributed by atoms with Crippen LogP contribution in [0, 0.1) is 17.0 Å². The zero-order chi connectivity index (χ0) is 16.4. The lowest BCUT2D eigenvalue weighted by molar-refractivity contribution is -0.384. The van der Waals surface area contributed by atoms with Crippen LogP contribution in [0.5, 0.6) is 0 Å². The van der Waals surface area contributed by atoms with E-state index in [-0.39, 0.29) is 11.4 Å². The van der Waals surface area contributed by atoms with Crippen LogP contribution < -0.4 is 5.56 Å². The molecule has 0 radical (unpaired) electrons. The molecule has 0 saturated heterocycles. The monoisotopic (exact) mass is 308 g/mol. The van der Waals surface area contributed by atoms with Crippen molar-refractivity contribution in [2.75, 3.05) is 0 Å². The molecule has 0 spiro atoms. The van der Waals surface area contributed by atoms with Crippen LogP contribution in [0.3, 0.4) is 0 Å². The second kappa shape index (κ2) is 5.80. The molecule has 7 nitrogen and oxygen atoms in total. The molecule has 0 saturated carbocycles. The summed E-state index contributed by atoms with van der Waals surface area (Å²) in [6.45, 7) is 1.66. The van der Waals surface area contributed by atoms with Gasteiger partial charge in [0.2, 0.25) is 0 Å². The highest BCUT2D eigenvalue weighted by molar-refractivity contribution is 5.57. The fraction of sp³-hybridized carbons (Fsp3) is 0.0625. The van der Waals surface area contributed by atoms with Crippen molar-refractivity contribution in [3.8, 4) is 16.9 Å². The number of non-ortho nitro benzene ring substituents is 1. The van der Waals surface area contributed by atoms with Crippen molar-refractivity contribution in [3.05, 3.63) is 80.9 Å². The van der Waals surface area contributed by atoms with E-state index >= 15 is 0 Å². The molecule has 3 rings (SSSR count). The van der Waals surface area contributed by atoms with Crippen molar-refractivity contribution >= 4 is 5.69 Å². The van der Waals surface area contributed by atoms with Gasteiger partial charge in [-0.3, -0.25) is 14.9 Å². The third kappa shape index (κ3) is 2.84. The Morgan fingerprint density at radius 2 is 1.70 bits per heavy atom. The minimum absolute atomic E-state index is 0.0105. The molecule has 1 aromatic heterocycles. The molecule has 0 fully saturated rings. The van der Waals surface area contributed by atoms with E-state index in [1.807, 2.05) is 18.2 Å². The van der Waals surface area contributed by atoms with Crippen LogP contribution in [-0.4, -0.2) is 19.7 Å². The third-order valence-corrected chi connectivity index (χ3v) is 3.32. The molecule has 0 atom stereocenters. The second-order valence-corrected chi connectivity index (χ2v) is 4.86. The maximum Gasteiger partial charge on any atom is 0.299 e. The average molecular weight is 308 g/mol. The van der Waals surface area contributed by atoms with Gasteiger partial charge in [0.25, 0.3) is 11.2 Å². The SMILES string of the molecule is Cc1nc(=O)c(-c2ccccc2)nn1-c1ccc([N+](=O)[O-])cc1. The largest absolute Gasteiger partial charge is 0.299 e. The lowest BCUT2D eigenvalue weighted by Gasteiger charge is -2.10. The van der Waals surface area contributed by atoms with Crippen LogP contribution in [0.4, 0.5) is 5.69 Å². The zero-order valence-corrected chi connectivity index (χ0v) is 12.2. The standard InChI is InChI=1S/C16H12N4O3/c1-11-17-16(21)15(12-5-3-2-4-6-12)18-19(11)13-7-9-14(10-8-13)20(22)23/h2-10H,1H3. The average Bonchev–Trinajstić information content (AvgIpc) is 2.56. The topological polar surface area (TPSA) is 90.9 Å². The highest BCUT2D eigenvalue weighted by Gasteiger charge is 2.12. The van der Waals surface area contributed by atoms with E-state index in [0.29, 0.717) is 17.1 Å². The number of rotatable bonds is 3. The van der Waals surface area contributed by atoms with Gasteiger partial charge in [0, 0.05) is 17.7 Å². The summed E-state index contributed by atoms with van der Waals surface area (Å²) in [4.78, 5) is 26.3. The number of hydrogen-bond acceptors (Lipinski definition) is 5. The van der Waals surface area contributed by atoms with Gasteiger partial charge in [-0.2, -0.15) is 10.1 Å². The smallest absolute Gasteiger partial charge is 0.265 e. The van der Waals surface area contributed by atoms with Crippen molar-refractivity contribution in [1.29, 1.82) is 0 Å². The summed E-state index contributed by atoms with van der Waals surface area (Å²) in [6.07, 6.45) is 0. The van der Waals surface area contributed by atoms with Crippen molar-refractivity contribution in [3.63, 3.8) is 0 Å². The van der Waals surface area contributed by atoms with Gasteiger partial charge in [-0.15, -0.1) is 0 Å². The first-order chi connectivity index (χ1) is 11.1. The van der Waals surface area contributed by atoms with E-state index in [9.17, 15) is 14.9 Å². The summed E-state index contributed by atoms with van der Waals surface area (Å²) in [5.41, 5.74) is 1.07. The Hall–Kier alpha value is -3.35. The number of hydrogen-bond donors (Lipinski definition) is 0. The zero-order valence-electron chi connectivity index (χ0n) is 12.2. The number of nitrogens with zero attached hydrogens (tertiary/aromatic N) is 4. The van der Waals surface area contributed by atoms with Crippen LogP contribution in [0.1, 0.15) is 5.82 Å². The normalized spacial score (nSPS) is 10.5. The van der Waals surface area contributed by atoms with E-state index in [2.05, 4.69) is 10.1 Å². The van der Waals surface area contributed by atoms with Crippen LogP contribution in [-0.2, 0) is 0 Å². The summed E-state index contributed by atoms with van der Waals surface area (Å²) in [6, 6.07) is 14.9. The molecular weight excluding hydrogens is 296 g/mol. The summed E-state index contributed by atoms with van der Waals surface area (Å²) >= 11 is 0. The molecule has 0 unspecified atom stereocenters. The molecule has 23 heavy (non-hydrogen) atoms. The minimum atomic E-state index is -0.469. The Morgan fingerprint density at radius 1 is 1.04 bits per heavy atom. The highest BCUT2D eigenvalue weighted by Crippen LogP contribution is 2.17. The molecule has 1 heterocycles. The number of aryl methyl sites for hydroxylation is 1. The van der Waals surface area contributed by atoms with E-state index in [4.69, 9.17) is 0 Å². The van der Waals surface area contributed by atoms with Crippen LogP contribution in [0.25, 0.3) is 16.9 Å². The summed E-state index contributed by atoms with van der Waals surface area (Å²) in [7, 11) is 0. The molecule has 0 aliphatic heterocycles. The molecule has 7 heteroatoms. The summed E-state index contributed by atoms with van der Waals surface area (Å²) in [5, 5.41) is 15.1. The van der Waals surface area contributed by atoms with Gasteiger partial charge in [-0.1, -0.05) is 30.3 Å². The van der Waals surface area contributed by atoms with Crippen molar-refractivity contribution < 1.29 is 4.92 Å². The first-order valence-electron chi connectivity index (χ1n) is 6.84. The molecule has 0 aliphatic carbocycles. The summed E-state index contributed by atoms with van der Waals surface area (Å²) in [5.74, 6) is 0.406. The van der Waals surface area contributed by atoms with E-state index in [0.717, 1.165) is 0 Å². The quantitative estimate of drug-likeness (QED) is 0.547. The molecule has 3 aromatic rings. The Morgan fingerprint density at radius 3 is 2.30 bits per heavy atom. The predicted octanol–water partition coefficient (Wildman–Crippen LogP) is 2.51. The molecule has 2 aromatic carbocycles. The number of nitro benzene ring substituents is 1. The molecule has 0 bridgehead atoms. The molecule has 0 N–H and O–H groups in total. The Balaban J connectivity index is 2.13. The third-order valence-electron chi connectivity index (χ3n) is 3.32. The lowest BCUT2D eigenvalue weighted by atomic mass is 10.2. The first-order valence-corrected chi connectivity index (χ1v) is 6.84. The molecule has 114 valence electrons. The van der Waals surface area contributed by atoms with Crippen molar-refractivity contribution in [2.45, 2.75) is 6.92 Å². The fourth-order valence-electron chi connectivity index (χ4n) is 2.20. The van der Waals surface area contributed by atoms with Gasteiger partial charge in [-0.25, -0.2) is 4.68 Å². The fourth-order valence-corrected chi connectivity index (χ4v) is 2.20. The Bertz CT molecular complexity index is 918. The van der Waals surface area contributed by atoms with Gasteiger partial charge >= 0.3 is 0 Å². The van der Waals surface area contributed by atoms with Gasteiger partial charge in [0.05, 0.1) is 10.6 Å². The maximum atomic E-state index is 12.1. The van der Waals surface area contributed by atoms with Gasteiger partial charge in [0.1, 0.15) is 5.82 Å². The number of nitro groups is 1. The molecular formula is C16H12N4O3. The lowest BCUT2D eigenvalue weighted by Crippen LogP contribution is -2.20. The van der Waals surface area contributed by atoms with E-state index < -0.39 is 10.5 Å². The number of aromatic nitrogens is 3. The van der Waals surface area contributed by atoms with Crippen LogP contribution in [0.2, 0.25) is 0 Å². The van der Waals surface area contributed by atoms with Gasteiger partial charge in [0.15, 0.2) is 5.69 Å². The first kappa shape index (κ1) is 14.6. The van der Waals surface area contributed by atoms with E-state index in [1.54, 1.807) is 31.2 Å². The van der Waals surface area contributed by atoms with Crippen molar-refractivity contribution in [1.82, 2.24) is 14.8 Å². The predicted molar refractivity (Wildman–Crippen MR) is 84.5 cm³/mol. The Kier molecular flexibility index (Phi) is 3.68. The second-order valence-electron chi connectivity index (χ2n) is 4.86. The molecule has 0 amide bonds. The molecule has 0 aliphatic rings. The van der Waals surface area contributed by atoms with Crippen molar-refractivity contribution in [2.24, 2.45) is 0 Å². The number of benzene rings is 2. The van der Waals surface area contributed by atoms with E-state index in [1.165, 1.54) is 16.8 Å². The van der Waals surface area contributed by atoms with Crippen LogP contribution >= 0.6 is 0 Å². The summed E-state index contributed by atoms with van der Waals surface area (Å²) < 4.78 is 1.49. The Labute approximate surface area is 131 Å².